The Kier molecular flexibility index (Phi) is 3.53. The first-order valence-corrected chi connectivity index (χ1v) is 6.63. The van der Waals surface area contributed by atoms with Gasteiger partial charge >= 0.3 is 0 Å². The Morgan fingerprint density at radius 2 is 1.89 bits per heavy atom. The molecule has 1 fully saturated rings. The van der Waals surface area contributed by atoms with Crippen molar-refractivity contribution in [1.29, 1.82) is 0 Å². The number of phenolic OH excluding ortho intramolecular Hbond substituents is 1. The van der Waals surface area contributed by atoms with E-state index in [4.69, 9.17) is 10.5 Å². The largest absolute Gasteiger partial charge is 0.504 e. The molecule has 100 valence electrons. The molecule has 1 aliphatic carbocycles. The molecule has 3 N–H and O–H groups in total. The molecule has 3 heteroatoms. The lowest BCUT2D eigenvalue weighted by atomic mass is 9.76. The molecule has 0 spiro atoms. The number of nitrogens with two attached hydrogens (primary N) is 1. The van der Waals surface area contributed by atoms with Gasteiger partial charge in [-0.15, -0.1) is 0 Å². The number of methoxy groups -OCH3 is 1. The highest BCUT2D eigenvalue weighted by Gasteiger charge is 2.38. The topological polar surface area (TPSA) is 55.5 Å². The molecule has 1 aliphatic rings. The molecule has 0 aromatic heterocycles. The zero-order valence-electron chi connectivity index (χ0n) is 11.5. The van der Waals surface area contributed by atoms with E-state index in [0.717, 1.165) is 29.5 Å². The van der Waals surface area contributed by atoms with Crippen LogP contribution in [0.4, 0.5) is 0 Å². The van der Waals surface area contributed by atoms with Gasteiger partial charge in [0.25, 0.3) is 0 Å². The number of ether oxygens (including phenoxy) is 1. The second kappa shape index (κ2) is 4.81. The van der Waals surface area contributed by atoms with Gasteiger partial charge in [-0.1, -0.05) is 18.9 Å². The zero-order valence-corrected chi connectivity index (χ0v) is 11.5. The number of phenols is 1. The number of aromatic hydroxyl groups is 1. The third-order valence-electron chi connectivity index (χ3n) is 4.32. The molecule has 0 saturated heterocycles. The van der Waals surface area contributed by atoms with Gasteiger partial charge in [-0.3, -0.25) is 0 Å². The molecule has 1 aromatic rings. The van der Waals surface area contributed by atoms with Crippen LogP contribution in [0, 0.1) is 13.8 Å². The average molecular weight is 249 g/mol. The highest BCUT2D eigenvalue weighted by molar-refractivity contribution is 5.57. The van der Waals surface area contributed by atoms with Crippen molar-refractivity contribution in [2.24, 2.45) is 5.73 Å². The first-order valence-electron chi connectivity index (χ1n) is 6.63. The molecular weight excluding hydrogens is 226 g/mol. The zero-order chi connectivity index (χ0) is 13.3. The van der Waals surface area contributed by atoms with Crippen molar-refractivity contribution in [1.82, 2.24) is 0 Å². The summed E-state index contributed by atoms with van der Waals surface area (Å²) in [6, 6.07) is 2.09. The Morgan fingerprint density at radius 1 is 1.28 bits per heavy atom. The standard InChI is InChI=1S/C15H23NO2/c1-10-8-11(2)14(18-3)13(17)12(10)15(9-16)6-4-5-7-15/h8,17H,4-7,9,16H2,1-3H3. The van der Waals surface area contributed by atoms with Crippen LogP contribution >= 0.6 is 0 Å². The van der Waals surface area contributed by atoms with Gasteiger partial charge in [0.2, 0.25) is 0 Å². The summed E-state index contributed by atoms with van der Waals surface area (Å²) in [7, 11) is 1.60. The minimum Gasteiger partial charge on any atom is -0.504 e. The number of hydrogen-bond acceptors (Lipinski definition) is 3. The number of aryl methyl sites for hydroxylation is 2. The second-order valence-corrected chi connectivity index (χ2v) is 5.46. The van der Waals surface area contributed by atoms with Crippen LogP contribution in [0.1, 0.15) is 42.4 Å². The minimum atomic E-state index is -0.0604. The van der Waals surface area contributed by atoms with Crippen LogP contribution in [0.3, 0.4) is 0 Å². The third-order valence-corrected chi connectivity index (χ3v) is 4.32. The summed E-state index contributed by atoms with van der Waals surface area (Å²) in [6.07, 6.45) is 4.49. The second-order valence-electron chi connectivity index (χ2n) is 5.46. The predicted octanol–water partition coefficient (Wildman–Crippen LogP) is 2.79. The first kappa shape index (κ1) is 13.2. The summed E-state index contributed by atoms with van der Waals surface area (Å²) >= 11 is 0. The lowest BCUT2D eigenvalue weighted by molar-refractivity contribution is 0.351. The van der Waals surface area contributed by atoms with E-state index in [-0.39, 0.29) is 5.41 Å². The number of benzene rings is 1. The Hall–Kier alpha value is -1.22. The molecular formula is C15H23NO2. The first-order chi connectivity index (χ1) is 8.55. The molecule has 0 atom stereocenters. The monoisotopic (exact) mass is 249 g/mol. The third kappa shape index (κ3) is 1.87. The van der Waals surface area contributed by atoms with Crippen molar-refractivity contribution in [3.63, 3.8) is 0 Å². The lowest BCUT2D eigenvalue weighted by Crippen LogP contribution is -2.33. The van der Waals surface area contributed by atoms with Crippen molar-refractivity contribution >= 4 is 0 Å². The lowest BCUT2D eigenvalue weighted by Gasteiger charge is -2.31. The highest BCUT2D eigenvalue weighted by Crippen LogP contribution is 2.48. The van der Waals surface area contributed by atoms with E-state index in [1.54, 1.807) is 7.11 Å². The molecule has 0 aliphatic heterocycles. The SMILES string of the molecule is COc1c(C)cc(C)c(C2(CN)CCCC2)c1O. The van der Waals surface area contributed by atoms with Gasteiger partial charge in [-0.25, -0.2) is 0 Å². The molecule has 1 saturated carbocycles. The van der Waals surface area contributed by atoms with Gasteiger partial charge in [0.05, 0.1) is 7.11 Å². The predicted molar refractivity (Wildman–Crippen MR) is 73.3 cm³/mol. The Labute approximate surface area is 109 Å². The van der Waals surface area contributed by atoms with Gasteiger partial charge in [0.1, 0.15) is 0 Å². The normalized spacial score (nSPS) is 18.0. The van der Waals surface area contributed by atoms with Gasteiger partial charge in [0.15, 0.2) is 11.5 Å². The quantitative estimate of drug-likeness (QED) is 0.866. The summed E-state index contributed by atoms with van der Waals surface area (Å²) < 4.78 is 5.33. The van der Waals surface area contributed by atoms with Crippen molar-refractivity contribution in [2.45, 2.75) is 44.9 Å². The Morgan fingerprint density at radius 3 is 2.39 bits per heavy atom. The van der Waals surface area contributed by atoms with E-state index in [1.807, 2.05) is 6.92 Å². The van der Waals surface area contributed by atoms with Gasteiger partial charge in [0, 0.05) is 17.5 Å². The summed E-state index contributed by atoms with van der Waals surface area (Å²) in [5, 5.41) is 10.5. The average Bonchev–Trinajstić information content (AvgIpc) is 2.78. The maximum absolute atomic E-state index is 10.5. The smallest absolute Gasteiger partial charge is 0.163 e. The van der Waals surface area contributed by atoms with Crippen molar-refractivity contribution < 1.29 is 9.84 Å². The number of rotatable bonds is 3. The Bertz CT molecular complexity index is 448. The highest BCUT2D eigenvalue weighted by atomic mass is 16.5. The summed E-state index contributed by atoms with van der Waals surface area (Å²) in [6.45, 7) is 4.60. The van der Waals surface area contributed by atoms with Crippen molar-refractivity contribution in [3.05, 3.63) is 22.8 Å². The molecule has 18 heavy (non-hydrogen) atoms. The van der Waals surface area contributed by atoms with Crippen molar-refractivity contribution in [2.75, 3.05) is 13.7 Å². The molecule has 1 aromatic carbocycles. The van der Waals surface area contributed by atoms with E-state index in [9.17, 15) is 5.11 Å². The number of hydrogen-bond donors (Lipinski definition) is 2. The fourth-order valence-electron chi connectivity index (χ4n) is 3.48. The maximum Gasteiger partial charge on any atom is 0.163 e. The molecule has 0 radical (unpaired) electrons. The summed E-state index contributed by atoms with van der Waals surface area (Å²) in [5.74, 6) is 0.887. The molecule has 0 amide bonds. The van der Waals surface area contributed by atoms with Crippen LogP contribution in [0.15, 0.2) is 6.07 Å². The molecule has 3 nitrogen and oxygen atoms in total. The minimum absolute atomic E-state index is 0.0604. The molecule has 0 unspecified atom stereocenters. The van der Waals surface area contributed by atoms with Crippen LogP contribution in [-0.2, 0) is 5.41 Å². The van der Waals surface area contributed by atoms with Crippen LogP contribution in [-0.4, -0.2) is 18.8 Å². The van der Waals surface area contributed by atoms with Crippen LogP contribution in [0.5, 0.6) is 11.5 Å². The van der Waals surface area contributed by atoms with Gasteiger partial charge in [-0.2, -0.15) is 0 Å². The Balaban J connectivity index is 2.63. The summed E-state index contributed by atoms with van der Waals surface area (Å²) in [4.78, 5) is 0. The molecule has 0 heterocycles. The van der Waals surface area contributed by atoms with E-state index < -0.39 is 0 Å². The van der Waals surface area contributed by atoms with Crippen LogP contribution in [0.2, 0.25) is 0 Å². The van der Waals surface area contributed by atoms with Gasteiger partial charge < -0.3 is 15.6 Å². The molecule has 2 rings (SSSR count). The fraction of sp³-hybridized carbons (Fsp3) is 0.600. The van der Waals surface area contributed by atoms with E-state index >= 15 is 0 Å². The van der Waals surface area contributed by atoms with Crippen LogP contribution in [0.25, 0.3) is 0 Å². The summed E-state index contributed by atoms with van der Waals surface area (Å²) in [5.41, 5.74) is 9.06. The van der Waals surface area contributed by atoms with Gasteiger partial charge in [-0.05, 0) is 37.8 Å². The van der Waals surface area contributed by atoms with E-state index in [0.29, 0.717) is 18.0 Å². The van der Waals surface area contributed by atoms with Crippen molar-refractivity contribution in [3.8, 4) is 11.5 Å². The van der Waals surface area contributed by atoms with E-state index in [2.05, 4.69) is 13.0 Å². The van der Waals surface area contributed by atoms with E-state index in [1.165, 1.54) is 12.8 Å². The molecule has 0 bridgehead atoms. The fourth-order valence-corrected chi connectivity index (χ4v) is 3.48. The maximum atomic E-state index is 10.5. The van der Waals surface area contributed by atoms with Crippen LogP contribution < -0.4 is 10.5 Å².